The molecule has 1 aliphatic rings. The summed E-state index contributed by atoms with van der Waals surface area (Å²) in [6.45, 7) is 7.35. The number of alkyl halides is 2. The average Bonchev–Trinajstić information content (AvgIpc) is 3.20. The van der Waals surface area contributed by atoms with Gasteiger partial charge in [-0.3, -0.25) is 38.5 Å². The van der Waals surface area contributed by atoms with Crippen LogP contribution in [0.15, 0.2) is 42.9 Å². The predicted molar refractivity (Wildman–Crippen MR) is 205 cm³/mol. The van der Waals surface area contributed by atoms with Crippen LogP contribution in [0.3, 0.4) is 0 Å². The molecule has 3 rings (SSSR count). The number of rotatable bonds is 21. The molecule has 0 saturated heterocycles. The SMILES string of the molecule is CCC[C@H](NC(=O)CC[C@H](CNC(=O)[C@@H](NC(=O)[C@@H](NC(=O)c1cnccn1)C(C)C)C(C)C)OC(=O)N1CCc2ccccc2C1)C(=O)C(F)(F)C(=O)NCC(=O)O. The molecule has 0 bridgehead atoms. The van der Waals surface area contributed by atoms with Crippen molar-refractivity contribution in [3.05, 3.63) is 59.7 Å². The van der Waals surface area contributed by atoms with Gasteiger partial charge in [0, 0.05) is 31.9 Å². The topological polar surface area (TPSA) is 255 Å². The van der Waals surface area contributed by atoms with Crippen molar-refractivity contribution >= 4 is 47.4 Å². The van der Waals surface area contributed by atoms with Gasteiger partial charge in [0.25, 0.3) is 11.8 Å². The van der Waals surface area contributed by atoms with Gasteiger partial charge in [0.05, 0.1) is 18.8 Å². The number of Topliss-reactive ketones (excluding diaryl/α,β-unsaturated/α-hetero) is 1. The van der Waals surface area contributed by atoms with Gasteiger partial charge in [-0.15, -0.1) is 0 Å². The highest BCUT2D eigenvalue weighted by Gasteiger charge is 2.50. The van der Waals surface area contributed by atoms with Gasteiger partial charge in [-0.1, -0.05) is 65.3 Å². The van der Waals surface area contributed by atoms with E-state index in [9.17, 15) is 47.1 Å². The van der Waals surface area contributed by atoms with E-state index in [0.717, 1.165) is 11.1 Å². The zero-order valence-electron chi connectivity index (χ0n) is 33.6. The van der Waals surface area contributed by atoms with Crippen molar-refractivity contribution < 1.29 is 57.0 Å². The van der Waals surface area contributed by atoms with Crippen molar-refractivity contribution in [3.63, 3.8) is 0 Å². The molecule has 0 spiro atoms. The molecule has 4 atom stereocenters. The molecule has 20 heteroatoms. The molecule has 2 aromatic rings. The van der Waals surface area contributed by atoms with Gasteiger partial charge in [0.1, 0.15) is 30.4 Å². The summed E-state index contributed by atoms with van der Waals surface area (Å²) in [6.07, 6.45) is 1.71. The van der Waals surface area contributed by atoms with Crippen LogP contribution in [0.25, 0.3) is 0 Å². The maximum Gasteiger partial charge on any atom is 0.410 e. The number of nitrogens with zero attached hydrogens (tertiary/aromatic N) is 3. The zero-order chi connectivity index (χ0) is 43.9. The third-order valence-corrected chi connectivity index (χ3v) is 9.36. The van der Waals surface area contributed by atoms with Crippen LogP contribution in [0.4, 0.5) is 13.6 Å². The van der Waals surface area contributed by atoms with Gasteiger partial charge >= 0.3 is 18.0 Å². The van der Waals surface area contributed by atoms with E-state index in [-0.39, 0.29) is 38.0 Å². The highest BCUT2D eigenvalue weighted by atomic mass is 19.3. The van der Waals surface area contributed by atoms with Crippen LogP contribution in [-0.2, 0) is 46.5 Å². The molecule has 1 aliphatic heterocycles. The van der Waals surface area contributed by atoms with E-state index in [4.69, 9.17) is 9.84 Å². The number of hydrogen-bond donors (Lipinski definition) is 6. The predicted octanol–water partition coefficient (Wildman–Crippen LogP) is 1.52. The third kappa shape index (κ3) is 14.1. The lowest BCUT2D eigenvalue weighted by atomic mass is 9.99. The summed E-state index contributed by atoms with van der Waals surface area (Å²) in [5, 5.41) is 20.3. The number of carbonyl (C=O) groups is 8. The van der Waals surface area contributed by atoms with Crippen LogP contribution in [0, 0.1) is 11.8 Å². The molecule has 2 heterocycles. The Kier molecular flexibility index (Phi) is 17.8. The summed E-state index contributed by atoms with van der Waals surface area (Å²) in [5.41, 5.74) is 1.95. The Hall–Kier alpha value is -6.08. The summed E-state index contributed by atoms with van der Waals surface area (Å²) < 4.78 is 35.3. The van der Waals surface area contributed by atoms with Gasteiger partial charge < -0.3 is 41.3 Å². The van der Waals surface area contributed by atoms with E-state index in [1.165, 1.54) is 28.8 Å². The fraction of sp³-hybridized carbons (Fsp3) is 0.538. The van der Waals surface area contributed by atoms with Crippen LogP contribution in [0.5, 0.6) is 0 Å². The Bertz CT molecular complexity index is 1830. The van der Waals surface area contributed by atoms with E-state index >= 15 is 0 Å². The molecule has 1 aromatic heterocycles. The van der Waals surface area contributed by atoms with E-state index in [0.29, 0.717) is 13.0 Å². The maximum atomic E-state index is 14.7. The first kappa shape index (κ1) is 47.3. The van der Waals surface area contributed by atoms with Gasteiger partial charge in [-0.25, -0.2) is 9.78 Å². The molecule has 18 nitrogen and oxygen atoms in total. The van der Waals surface area contributed by atoms with Gasteiger partial charge in [0.15, 0.2) is 0 Å². The van der Waals surface area contributed by atoms with Crippen molar-refractivity contribution in [2.24, 2.45) is 11.8 Å². The first-order valence-electron chi connectivity index (χ1n) is 19.2. The molecular weight excluding hydrogens is 778 g/mol. The largest absolute Gasteiger partial charge is 0.480 e. The lowest BCUT2D eigenvalue weighted by Crippen LogP contribution is -2.57. The highest BCUT2D eigenvalue weighted by molar-refractivity contribution is 6.10. The number of ether oxygens (including phenoxy) is 1. The minimum absolute atomic E-state index is 0.0158. The Labute approximate surface area is 340 Å². The number of benzene rings is 1. The molecule has 6 amide bonds. The molecule has 0 fully saturated rings. The zero-order valence-corrected chi connectivity index (χ0v) is 33.6. The molecule has 0 aliphatic carbocycles. The molecule has 0 saturated carbocycles. The number of aliphatic carboxylic acids is 1. The fourth-order valence-corrected chi connectivity index (χ4v) is 6.05. The smallest absolute Gasteiger partial charge is 0.410 e. The van der Waals surface area contributed by atoms with Crippen LogP contribution < -0.4 is 26.6 Å². The molecule has 6 N–H and O–H groups in total. The lowest BCUT2D eigenvalue weighted by molar-refractivity contribution is -0.161. The number of hydrogen-bond acceptors (Lipinski definition) is 11. The summed E-state index contributed by atoms with van der Waals surface area (Å²) in [6, 6.07) is 3.52. The summed E-state index contributed by atoms with van der Waals surface area (Å²) in [7, 11) is 0. The minimum atomic E-state index is -4.66. The second kappa shape index (κ2) is 22.2. The van der Waals surface area contributed by atoms with Crippen LogP contribution in [-0.4, -0.2) is 117 Å². The number of carboxylic acids is 1. The Morgan fingerprint density at radius 3 is 2.15 bits per heavy atom. The quantitative estimate of drug-likeness (QED) is 0.0980. The first-order valence-corrected chi connectivity index (χ1v) is 19.2. The fourth-order valence-electron chi connectivity index (χ4n) is 6.05. The van der Waals surface area contributed by atoms with E-state index < -0.39 is 102 Å². The van der Waals surface area contributed by atoms with E-state index in [1.54, 1.807) is 34.6 Å². The van der Waals surface area contributed by atoms with Crippen LogP contribution in [0.2, 0.25) is 0 Å². The van der Waals surface area contributed by atoms with Gasteiger partial charge in [0.2, 0.25) is 23.5 Å². The summed E-state index contributed by atoms with van der Waals surface area (Å²) in [5.74, 6) is -14.1. The normalized spacial score (nSPS) is 14.5. The number of fused-ring (bicyclic) bond motifs is 1. The van der Waals surface area contributed by atoms with Crippen molar-refractivity contribution in [3.8, 4) is 0 Å². The molecule has 322 valence electrons. The lowest BCUT2D eigenvalue weighted by Gasteiger charge is -2.30. The third-order valence-electron chi connectivity index (χ3n) is 9.36. The molecule has 0 unspecified atom stereocenters. The Morgan fingerprint density at radius 1 is 0.881 bits per heavy atom. The van der Waals surface area contributed by atoms with Gasteiger partial charge in [-0.05, 0) is 42.2 Å². The molecule has 1 aromatic carbocycles. The minimum Gasteiger partial charge on any atom is -0.480 e. The van der Waals surface area contributed by atoms with Crippen molar-refractivity contribution in [2.45, 2.75) is 103 Å². The molecule has 0 radical (unpaired) electrons. The van der Waals surface area contributed by atoms with E-state index in [2.05, 4.69) is 31.2 Å². The summed E-state index contributed by atoms with van der Waals surface area (Å²) >= 11 is 0. The number of carboxylic acid groups (broad SMARTS) is 1. The van der Waals surface area contributed by atoms with Crippen LogP contribution >= 0.6 is 0 Å². The highest BCUT2D eigenvalue weighted by Crippen LogP contribution is 2.21. The Morgan fingerprint density at radius 2 is 1.54 bits per heavy atom. The average molecular weight is 831 g/mol. The molecule has 59 heavy (non-hydrogen) atoms. The number of aromatic nitrogens is 2. The number of nitrogens with one attached hydrogen (secondary N) is 5. The van der Waals surface area contributed by atoms with Crippen molar-refractivity contribution in [1.29, 1.82) is 0 Å². The number of ketones is 1. The maximum absolute atomic E-state index is 14.7. The van der Waals surface area contributed by atoms with Crippen molar-refractivity contribution in [1.82, 2.24) is 41.5 Å². The van der Waals surface area contributed by atoms with Crippen LogP contribution in [0.1, 0.15) is 81.9 Å². The standard InChI is InChI=1S/C39H52F2N8O10/c1-6-9-27(33(53)39(40,41)37(57)45-20-30(51)52)46-29(50)13-12-26(59-38(58)49-17-14-24-10-7-8-11-25(24)21-49)18-44-35(55)31(22(2)3)48-36(56)32(23(4)5)47-34(54)28-19-42-15-16-43-28/h7-8,10-11,15-16,19,22-23,26-27,31-32H,6,9,12-14,17-18,20-21H2,1-5H3,(H,44,55)(H,45,57)(H,46,50)(H,47,54)(H,48,56)(H,51,52)/t26-,27+,31+,32+/m1/s1. The molecular formula is C39H52F2N8O10. The monoisotopic (exact) mass is 830 g/mol. The van der Waals surface area contributed by atoms with E-state index in [1.807, 2.05) is 24.3 Å². The Balaban J connectivity index is 1.74. The number of carbonyl (C=O) groups excluding carboxylic acids is 7. The first-order chi connectivity index (χ1) is 27.8. The summed E-state index contributed by atoms with van der Waals surface area (Å²) in [4.78, 5) is 111. The second-order valence-corrected chi connectivity index (χ2v) is 14.7. The number of halogens is 2. The second-order valence-electron chi connectivity index (χ2n) is 14.7. The number of amides is 6. The van der Waals surface area contributed by atoms with Crippen molar-refractivity contribution in [2.75, 3.05) is 19.6 Å². The van der Waals surface area contributed by atoms with Gasteiger partial charge in [-0.2, -0.15) is 8.78 Å².